The average Bonchev–Trinajstić information content (AvgIpc) is 3.26. The molecule has 2 aliphatic heterocycles. The van der Waals surface area contributed by atoms with E-state index in [2.05, 4.69) is 0 Å². The first kappa shape index (κ1) is 11.2. The highest BCUT2D eigenvalue weighted by atomic mass is 16.8. The maximum atomic E-state index is 5.90. The summed E-state index contributed by atoms with van der Waals surface area (Å²) in [4.78, 5) is 0. The van der Waals surface area contributed by atoms with Crippen LogP contribution in [0.25, 0.3) is 0 Å². The molecule has 4 nitrogen and oxygen atoms in total. The third-order valence-electron chi connectivity index (χ3n) is 3.13. The van der Waals surface area contributed by atoms with Gasteiger partial charge in [0.05, 0.1) is 13.2 Å². The molecule has 0 aliphatic carbocycles. The van der Waals surface area contributed by atoms with Crippen LogP contribution in [0.15, 0.2) is 30.3 Å². The first-order chi connectivity index (χ1) is 8.34. The van der Waals surface area contributed by atoms with Crippen molar-refractivity contribution in [1.82, 2.24) is 0 Å². The van der Waals surface area contributed by atoms with E-state index in [-0.39, 0.29) is 12.2 Å². The van der Waals surface area contributed by atoms with Crippen molar-refractivity contribution in [2.45, 2.75) is 18.0 Å². The highest BCUT2D eigenvalue weighted by molar-refractivity contribution is 5.21. The van der Waals surface area contributed by atoms with Crippen LogP contribution in [0.3, 0.4) is 0 Å². The lowest BCUT2D eigenvalue weighted by Crippen LogP contribution is -2.28. The van der Waals surface area contributed by atoms with Crippen LogP contribution >= 0.6 is 0 Å². The Balaban J connectivity index is 1.75. The van der Waals surface area contributed by atoms with Gasteiger partial charge in [-0.05, 0) is 5.56 Å². The van der Waals surface area contributed by atoms with Crippen molar-refractivity contribution in [3.63, 3.8) is 0 Å². The monoisotopic (exact) mass is 236 g/mol. The van der Waals surface area contributed by atoms with Gasteiger partial charge in [-0.1, -0.05) is 30.3 Å². The van der Waals surface area contributed by atoms with Gasteiger partial charge in [0.25, 0.3) is 0 Å². The molecule has 2 aliphatic rings. The fourth-order valence-electron chi connectivity index (χ4n) is 1.92. The number of ether oxygens (including phenoxy) is 4. The summed E-state index contributed by atoms with van der Waals surface area (Å²) in [7, 11) is 1.65. The summed E-state index contributed by atoms with van der Waals surface area (Å²) in [5, 5.41) is 0. The van der Waals surface area contributed by atoms with Gasteiger partial charge >= 0.3 is 0 Å². The summed E-state index contributed by atoms with van der Waals surface area (Å²) >= 11 is 0. The van der Waals surface area contributed by atoms with Gasteiger partial charge in [0, 0.05) is 7.11 Å². The van der Waals surface area contributed by atoms with Crippen LogP contribution in [0, 0.1) is 0 Å². The number of rotatable bonds is 6. The smallest absolute Gasteiger partial charge is 0.223 e. The highest BCUT2D eigenvalue weighted by Crippen LogP contribution is 2.43. The van der Waals surface area contributed by atoms with Gasteiger partial charge in [-0.2, -0.15) is 0 Å². The van der Waals surface area contributed by atoms with Gasteiger partial charge in [-0.15, -0.1) is 0 Å². The van der Waals surface area contributed by atoms with Gasteiger partial charge in [-0.25, -0.2) is 0 Å². The van der Waals surface area contributed by atoms with E-state index in [1.54, 1.807) is 7.11 Å². The molecule has 1 aromatic rings. The Morgan fingerprint density at radius 3 is 2.65 bits per heavy atom. The molecule has 0 bridgehead atoms. The van der Waals surface area contributed by atoms with Crippen molar-refractivity contribution in [1.29, 1.82) is 0 Å². The van der Waals surface area contributed by atoms with E-state index in [1.165, 1.54) is 0 Å². The van der Waals surface area contributed by atoms with E-state index in [0.29, 0.717) is 13.2 Å². The number of epoxide rings is 2. The van der Waals surface area contributed by atoms with Crippen LogP contribution < -0.4 is 0 Å². The van der Waals surface area contributed by atoms with E-state index in [4.69, 9.17) is 18.9 Å². The first-order valence-electron chi connectivity index (χ1n) is 5.81. The third-order valence-corrected chi connectivity index (χ3v) is 3.13. The summed E-state index contributed by atoms with van der Waals surface area (Å²) in [5.74, 6) is -0.601. The summed E-state index contributed by atoms with van der Waals surface area (Å²) in [6.45, 7) is 1.96. The molecule has 0 amide bonds. The molecule has 0 aromatic heterocycles. The Hall–Kier alpha value is -0.940. The Morgan fingerprint density at radius 2 is 2.12 bits per heavy atom. The lowest BCUT2D eigenvalue weighted by molar-refractivity contribution is -0.129. The van der Waals surface area contributed by atoms with Gasteiger partial charge in [-0.3, -0.25) is 0 Å². The Bertz CT molecular complexity index is 370. The van der Waals surface area contributed by atoms with Crippen LogP contribution in [0.1, 0.15) is 11.7 Å². The molecule has 17 heavy (non-hydrogen) atoms. The summed E-state index contributed by atoms with van der Waals surface area (Å²) in [5.41, 5.74) is 1.08. The third kappa shape index (κ3) is 2.35. The van der Waals surface area contributed by atoms with Crippen LogP contribution in [-0.2, 0) is 18.9 Å². The van der Waals surface area contributed by atoms with Crippen molar-refractivity contribution in [3.05, 3.63) is 35.9 Å². The second-order valence-electron chi connectivity index (χ2n) is 4.38. The van der Waals surface area contributed by atoms with Crippen LogP contribution in [0.5, 0.6) is 0 Å². The molecule has 3 rings (SSSR count). The molecular formula is C13H16O4. The second-order valence-corrected chi connectivity index (χ2v) is 4.38. The van der Waals surface area contributed by atoms with Crippen LogP contribution in [-0.4, -0.2) is 38.8 Å². The zero-order chi connectivity index (χ0) is 11.7. The van der Waals surface area contributed by atoms with Gasteiger partial charge < -0.3 is 18.9 Å². The molecular weight excluding hydrogens is 220 g/mol. The minimum absolute atomic E-state index is 0.183. The van der Waals surface area contributed by atoms with E-state index in [1.807, 2.05) is 30.3 Å². The molecule has 0 N–H and O–H groups in total. The molecule has 3 unspecified atom stereocenters. The normalized spacial score (nSPS) is 32.2. The quantitative estimate of drug-likeness (QED) is 0.702. The molecule has 2 saturated heterocycles. The summed E-state index contributed by atoms with van der Waals surface area (Å²) in [6.07, 6.45) is 0.0618. The zero-order valence-corrected chi connectivity index (χ0v) is 9.80. The van der Waals surface area contributed by atoms with E-state index >= 15 is 0 Å². The Morgan fingerprint density at radius 1 is 1.41 bits per heavy atom. The molecule has 0 saturated carbocycles. The Labute approximate surface area is 100 Å². The van der Waals surface area contributed by atoms with Gasteiger partial charge in [0.2, 0.25) is 5.79 Å². The van der Waals surface area contributed by atoms with Crippen molar-refractivity contribution in [2.24, 2.45) is 0 Å². The van der Waals surface area contributed by atoms with E-state index < -0.39 is 5.79 Å². The average molecular weight is 236 g/mol. The molecule has 92 valence electrons. The molecule has 3 atom stereocenters. The van der Waals surface area contributed by atoms with E-state index in [0.717, 1.165) is 12.2 Å². The van der Waals surface area contributed by atoms with Crippen LogP contribution in [0.2, 0.25) is 0 Å². The predicted octanol–water partition coefficient (Wildman–Crippen LogP) is 1.52. The number of methoxy groups -OCH3 is 1. The maximum absolute atomic E-state index is 5.90. The minimum Gasteiger partial charge on any atom is -0.371 e. The first-order valence-corrected chi connectivity index (χ1v) is 5.81. The fourth-order valence-corrected chi connectivity index (χ4v) is 1.92. The lowest BCUT2D eigenvalue weighted by Gasteiger charge is -2.23. The molecule has 4 heteroatoms. The molecule has 2 fully saturated rings. The second kappa shape index (κ2) is 4.38. The lowest BCUT2D eigenvalue weighted by atomic mass is 10.0. The summed E-state index contributed by atoms with van der Waals surface area (Å²) < 4.78 is 21.9. The largest absolute Gasteiger partial charge is 0.371 e. The van der Waals surface area contributed by atoms with E-state index in [9.17, 15) is 0 Å². The SMILES string of the molecule is COC1(C(OCC2CO2)c2ccccc2)CO1. The minimum atomic E-state index is -0.601. The molecule has 2 heterocycles. The van der Waals surface area contributed by atoms with Crippen LogP contribution in [0.4, 0.5) is 0 Å². The van der Waals surface area contributed by atoms with Crippen molar-refractivity contribution < 1.29 is 18.9 Å². The Kier molecular flexibility index (Phi) is 2.88. The van der Waals surface area contributed by atoms with Crippen molar-refractivity contribution >= 4 is 0 Å². The van der Waals surface area contributed by atoms with Crippen molar-refractivity contribution in [3.8, 4) is 0 Å². The zero-order valence-electron chi connectivity index (χ0n) is 9.80. The number of hydrogen-bond donors (Lipinski definition) is 0. The maximum Gasteiger partial charge on any atom is 0.223 e. The highest BCUT2D eigenvalue weighted by Gasteiger charge is 2.54. The van der Waals surface area contributed by atoms with Gasteiger partial charge in [0.15, 0.2) is 0 Å². The fraction of sp³-hybridized carbons (Fsp3) is 0.538. The van der Waals surface area contributed by atoms with Crippen molar-refractivity contribution in [2.75, 3.05) is 26.9 Å². The topological polar surface area (TPSA) is 43.5 Å². The molecule has 0 radical (unpaired) electrons. The molecule has 0 spiro atoms. The summed E-state index contributed by atoms with van der Waals surface area (Å²) in [6, 6.07) is 10.0. The standard InChI is InChI=1S/C13H16O4/c1-14-13(9-17-13)12(16-8-11-7-15-11)10-5-3-2-4-6-10/h2-6,11-12H,7-9H2,1H3. The molecule has 1 aromatic carbocycles. The number of benzene rings is 1. The number of hydrogen-bond acceptors (Lipinski definition) is 4. The van der Waals surface area contributed by atoms with Gasteiger partial charge in [0.1, 0.15) is 18.8 Å². The predicted molar refractivity (Wildman–Crippen MR) is 60.6 cm³/mol.